The highest BCUT2D eigenvalue weighted by atomic mass is 79.9. The van der Waals surface area contributed by atoms with Crippen LogP contribution >= 0.6 is 15.9 Å². The molecule has 2 aliphatic heterocycles. The Morgan fingerprint density at radius 2 is 1.96 bits per heavy atom. The number of rotatable bonds is 2. The van der Waals surface area contributed by atoms with E-state index < -0.39 is 11.8 Å². The first-order valence-corrected chi connectivity index (χ1v) is 7.77. The molecule has 0 saturated heterocycles. The molecule has 5 nitrogen and oxygen atoms in total. The molecule has 0 N–H and O–H groups in total. The molecule has 0 saturated carbocycles. The molecule has 24 heavy (non-hydrogen) atoms. The second-order valence-corrected chi connectivity index (χ2v) is 5.99. The molecule has 0 fully saturated rings. The molecular weight excluding hydrogens is 381 g/mol. The van der Waals surface area contributed by atoms with Gasteiger partial charge in [0.2, 0.25) is 12.7 Å². The Labute approximate surface area is 144 Å². The number of esters is 1. The fourth-order valence-electron chi connectivity index (χ4n) is 2.33. The van der Waals surface area contributed by atoms with Crippen LogP contribution in [0.5, 0.6) is 11.5 Å². The van der Waals surface area contributed by atoms with Gasteiger partial charge in [0.1, 0.15) is 5.82 Å². The Morgan fingerprint density at radius 1 is 1.12 bits per heavy atom. The van der Waals surface area contributed by atoms with Crippen molar-refractivity contribution in [1.29, 1.82) is 0 Å². The van der Waals surface area contributed by atoms with Crippen molar-refractivity contribution in [3.63, 3.8) is 0 Å². The number of hydrogen-bond acceptors (Lipinski definition) is 5. The lowest BCUT2D eigenvalue weighted by Crippen LogP contribution is -2.05. The summed E-state index contributed by atoms with van der Waals surface area (Å²) in [6.07, 6.45) is 1.35. The molecule has 0 amide bonds. The Kier molecular flexibility index (Phi) is 3.57. The van der Waals surface area contributed by atoms with Gasteiger partial charge in [0.25, 0.3) is 0 Å². The van der Waals surface area contributed by atoms with E-state index in [2.05, 4.69) is 20.9 Å². The first kappa shape index (κ1) is 14.9. The van der Waals surface area contributed by atoms with Crippen molar-refractivity contribution in [2.45, 2.75) is 0 Å². The van der Waals surface area contributed by atoms with Crippen LogP contribution in [0.15, 0.2) is 51.6 Å². The van der Waals surface area contributed by atoms with Gasteiger partial charge in [0.05, 0.1) is 0 Å². The Bertz CT molecular complexity index is 923. The van der Waals surface area contributed by atoms with Crippen molar-refractivity contribution < 1.29 is 23.4 Å². The van der Waals surface area contributed by atoms with E-state index in [1.165, 1.54) is 12.1 Å². The average Bonchev–Trinajstić information content (AvgIpc) is 3.16. The predicted octanol–water partition coefficient (Wildman–Crippen LogP) is 3.66. The topological polar surface area (TPSA) is 57.1 Å². The van der Waals surface area contributed by atoms with Gasteiger partial charge < -0.3 is 14.2 Å². The number of aliphatic imine (C=N–C) groups is 1. The SMILES string of the molecule is O=C1OC(c2ccc3c(c2)OCO3)=N/C1=C\c1ccc(Br)cc1F. The van der Waals surface area contributed by atoms with Crippen molar-refractivity contribution in [2.24, 2.45) is 4.99 Å². The van der Waals surface area contributed by atoms with Gasteiger partial charge in [-0.05, 0) is 36.4 Å². The second kappa shape index (κ2) is 5.76. The highest BCUT2D eigenvalue weighted by Crippen LogP contribution is 2.33. The number of benzene rings is 2. The van der Waals surface area contributed by atoms with Crippen molar-refractivity contribution >= 4 is 33.9 Å². The van der Waals surface area contributed by atoms with Crippen LogP contribution in [0.2, 0.25) is 0 Å². The maximum Gasteiger partial charge on any atom is 0.363 e. The third-order valence-electron chi connectivity index (χ3n) is 3.49. The van der Waals surface area contributed by atoms with E-state index in [1.54, 1.807) is 30.3 Å². The van der Waals surface area contributed by atoms with E-state index in [0.717, 1.165) is 0 Å². The number of halogens is 2. The minimum absolute atomic E-state index is 0.0314. The number of fused-ring (bicyclic) bond motifs is 1. The third-order valence-corrected chi connectivity index (χ3v) is 3.99. The summed E-state index contributed by atoms with van der Waals surface area (Å²) in [5.74, 6) is 0.225. The predicted molar refractivity (Wildman–Crippen MR) is 87.3 cm³/mol. The maximum atomic E-state index is 13.9. The minimum Gasteiger partial charge on any atom is -0.454 e. The van der Waals surface area contributed by atoms with E-state index in [9.17, 15) is 9.18 Å². The zero-order valence-electron chi connectivity index (χ0n) is 12.1. The van der Waals surface area contributed by atoms with Crippen LogP contribution in [0.4, 0.5) is 4.39 Å². The average molecular weight is 390 g/mol. The summed E-state index contributed by atoms with van der Waals surface area (Å²) in [4.78, 5) is 16.1. The first-order valence-electron chi connectivity index (χ1n) is 6.98. The van der Waals surface area contributed by atoms with Gasteiger partial charge >= 0.3 is 5.97 Å². The maximum absolute atomic E-state index is 13.9. The van der Waals surface area contributed by atoms with Gasteiger partial charge in [0.15, 0.2) is 17.2 Å². The summed E-state index contributed by atoms with van der Waals surface area (Å²) in [5.41, 5.74) is 0.858. The van der Waals surface area contributed by atoms with Gasteiger partial charge in [-0.15, -0.1) is 0 Å². The van der Waals surface area contributed by atoms with Crippen LogP contribution in [0.25, 0.3) is 6.08 Å². The molecule has 0 aliphatic carbocycles. The monoisotopic (exact) mass is 389 g/mol. The van der Waals surface area contributed by atoms with Crippen LogP contribution in [-0.2, 0) is 9.53 Å². The van der Waals surface area contributed by atoms with Crippen molar-refractivity contribution in [1.82, 2.24) is 0 Å². The summed E-state index contributed by atoms with van der Waals surface area (Å²) in [6.45, 7) is 0.152. The summed E-state index contributed by atoms with van der Waals surface area (Å²) < 4.78 is 30.2. The van der Waals surface area contributed by atoms with Crippen molar-refractivity contribution in [2.75, 3.05) is 6.79 Å². The number of carbonyl (C=O) groups is 1. The van der Waals surface area contributed by atoms with Crippen molar-refractivity contribution in [3.8, 4) is 11.5 Å². The van der Waals surface area contributed by atoms with Crippen LogP contribution in [-0.4, -0.2) is 18.7 Å². The molecule has 7 heteroatoms. The summed E-state index contributed by atoms with van der Waals surface area (Å²) >= 11 is 3.18. The molecule has 0 spiro atoms. The number of nitrogens with zero attached hydrogens (tertiary/aromatic N) is 1. The van der Waals surface area contributed by atoms with E-state index in [1.807, 2.05) is 0 Å². The van der Waals surface area contributed by atoms with E-state index in [4.69, 9.17) is 14.2 Å². The zero-order valence-corrected chi connectivity index (χ0v) is 13.7. The standard InChI is InChI=1S/C17H9BrFNO4/c18-11-3-1-9(12(19)7-11)5-13-17(21)24-16(20-13)10-2-4-14-15(6-10)23-8-22-14/h1-7H,8H2/b13-5-. The number of ether oxygens (including phenoxy) is 3. The normalized spacial score (nSPS) is 17.2. The lowest BCUT2D eigenvalue weighted by atomic mass is 10.2. The van der Waals surface area contributed by atoms with Crippen molar-refractivity contribution in [3.05, 3.63) is 63.5 Å². The van der Waals surface area contributed by atoms with Gasteiger partial charge in [-0.2, -0.15) is 0 Å². The highest BCUT2D eigenvalue weighted by Gasteiger charge is 2.26. The fraction of sp³-hybridized carbons (Fsp3) is 0.0588. The quantitative estimate of drug-likeness (QED) is 0.580. The zero-order chi connectivity index (χ0) is 16.7. The van der Waals surface area contributed by atoms with Gasteiger partial charge in [-0.1, -0.05) is 22.0 Å². The molecule has 0 radical (unpaired) electrons. The lowest BCUT2D eigenvalue weighted by Gasteiger charge is -2.01. The van der Waals surface area contributed by atoms with Crippen LogP contribution in [0, 0.1) is 5.82 Å². The van der Waals surface area contributed by atoms with Crippen LogP contribution in [0.3, 0.4) is 0 Å². The largest absolute Gasteiger partial charge is 0.454 e. The number of hydrogen-bond donors (Lipinski definition) is 0. The van der Waals surface area contributed by atoms with Gasteiger partial charge in [-0.3, -0.25) is 0 Å². The molecule has 120 valence electrons. The Hall–Kier alpha value is -2.67. The molecule has 0 bridgehead atoms. The molecule has 2 aromatic rings. The first-order chi connectivity index (χ1) is 11.6. The molecule has 0 aromatic heterocycles. The smallest absolute Gasteiger partial charge is 0.363 e. The third kappa shape index (κ3) is 2.67. The van der Waals surface area contributed by atoms with E-state index >= 15 is 0 Å². The highest BCUT2D eigenvalue weighted by molar-refractivity contribution is 9.10. The molecule has 4 rings (SSSR count). The lowest BCUT2D eigenvalue weighted by molar-refractivity contribution is -0.129. The molecule has 0 atom stereocenters. The van der Waals surface area contributed by atoms with Gasteiger partial charge in [0, 0.05) is 15.6 Å². The Balaban J connectivity index is 1.68. The molecular formula is C17H9BrFNO4. The summed E-state index contributed by atoms with van der Waals surface area (Å²) in [6, 6.07) is 9.64. The fourth-order valence-corrected chi connectivity index (χ4v) is 2.66. The molecule has 2 aliphatic rings. The van der Waals surface area contributed by atoms with Crippen LogP contribution < -0.4 is 9.47 Å². The van der Waals surface area contributed by atoms with Crippen LogP contribution in [0.1, 0.15) is 11.1 Å². The number of carbonyl (C=O) groups excluding carboxylic acids is 1. The summed E-state index contributed by atoms with van der Waals surface area (Å²) in [7, 11) is 0. The molecule has 0 unspecified atom stereocenters. The molecule has 2 heterocycles. The van der Waals surface area contributed by atoms with E-state index in [0.29, 0.717) is 21.5 Å². The van der Waals surface area contributed by atoms with Gasteiger partial charge in [-0.25, -0.2) is 14.2 Å². The molecule has 2 aromatic carbocycles. The van der Waals surface area contributed by atoms with E-state index in [-0.39, 0.29) is 24.0 Å². The second-order valence-electron chi connectivity index (χ2n) is 5.07. The Morgan fingerprint density at radius 3 is 2.79 bits per heavy atom. The minimum atomic E-state index is -0.634. The summed E-state index contributed by atoms with van der Waals surface area (Å²) in [5, 5.41) is 0. The number of cyclic esters (lactones) is 1.